The number of unbranched alkanes of at least 4 members (excludes halogenated alkanes) is 1. The minimum atomic E-state index is -0.941. The number of nitrogens with zero attached hydrogens (tertiary/aromatic N) is 4. The molecule has 2 aromatic heterocycles. The molecule has 0 aliphatic carbocycles. The van der Waals surface area contributed by atoms with Crippen LogP contribution in [-0.2, 0) is 17.8 Å². The summed E-state index contributed by atoms with van der Waals surface area (Å²) in [7, 11) is 0. The highest BCUT2D eigenvalue weighted by Gasteiger charge is 2.17. The van der Waals surface area contributed by atoms with E-state index in [0.29, 0.717) is 24.5 Å². The van der Waals surface area contributed by atoms with E-state index < -0.39 is 5.97 Å². The molecule has 0 unspecified atom stereocenters. The topological polar surface area (TPSA) is 88.3 Å². The van der Waals surface area contributed by atoms with Gasteiger partial charge in [0.25, 0.3) is 0 Å². The lowest BCUT2D eigenvalue weighted by molar-refractivity contribution is -0.116. The highest BCUT2D eigenvalue weighted by atomic mass is 16.4. The van der Waals surface area contributed by atoms with Gasteiger partial charge in [-0.05, 0) is 48.2 Å². The fraction of sp³-hybridized carbons (Fsp3) is 0.286. The third-order valence-electron chi connectivity index (χ3n) is 6.15. The summed E-state index contributed by atoms with van der Waals surface area (Å²) in [5.74, 6) is 0.603. The minimum absolute atomic E-state index is 0.0474. The molecule has 180 valence electrons. The van der Waals surface area contributed by atoms with Crippen molar-refractivity contribution in [2.24, 2.45) is 0 Å². The van der Waals surface area contributed by atoms with Gasteiger partial charge in [0, 0.05) is 19.9 Å². The molecule has 1 amide bonds. The van der Waals surface area contributed by atoms with Crippen LogP contribution < -0.4 is 4.90 Å². The van der Waals surface area contributed by atoms with Crippen molar-refractivity contribution in [2.75, 3.05) is 11.4 Å². The van der Waals surface area contributed by atoms with E-state index in [1.165, 1.54) is 0 Å². The summed E-state index contributed by atoms with van der Waals surface area (Å²) >= 11 is 0. The lowest BCUT2D eigenvalue weighted by Gasteiger charge is -2.18. The van der Waals surface area contributed by atoms with Crippen molar-refractivity contribution >= 4 is 28.9 Å². The predicted molar refractivity (Wildman–Crippen MR) is 138 cm³/mol. The Hall–Kier alpha value is -4.00. The number of aryl methyl sites for hydroxylation is 1. The van der Waals surface area contributed by atoms with Crippen LogP contribution in [0.1, 0.15) is 55.4 Å². The second-order valence-electron chi connectivity index (χ2n) is 8.54. The SMILES string of the molecule is CCCCc1nc2ccc(N(CC)C(C)=O)nc2n1Cc1ccc(-c2ccccc2C(=O)O)cc1. The van der Waals surface area contributed by atoms with Gasteiger partial charge in [-0.2, -0.15) is 0 Å². The van der Waals surface area contributed by atoms with Gasteiger partial charge in [0.15, 0.2) is 5.65 Å². The van der Waals surface area contributed by atoms with Crippen LogP contribution in [0.15, 0.2) is 60.7 Å². The van der Waals surface area contributed by atoms with Crippen molar-refractivity contribution in [3.63, 3.8) is 0 Å². The Kier molecular flexibility index (Phi) is 7.25. The van der Waals surface area contributed by atoms with Crippen molar-refractivity contribution in [1.82, 2.24) is 14.5 Å². The van der Waals surface area contributed by atoms with Crippen molar-refractivity contribution in [3.05, 3.63) is 77.6 Å². The van der Waals surface area contributed by atoms with Crippen molar-refractivity contribution in [2.45, 2.75) is 46.6 Å². The number of pyridine rings is 1. The maximum atomic E-state index is 12.1. The smallest absolute Gasteiger partial charge is 0.336 e. The number of rotatable bonds is 9. The van der Waals surface area contributed by atoms with Crippen LogP contribution >= 0.6 is 0 Å². The number of aromatic nitrogens is 3. The van der Waals surface area contributed by atoms with Crippen LogP contribution in [0.4, 0.5) is 5.82 Å². The van der Waals surface area contributed by atoms with E-state index in [1.807, 2.05) is 55.5 Å². The van der Waals surface area contributed by atoms with Crippen LogP contribution in [0, 0.1) is 0 Å². The Balaban J connectivity index is 1.71. The number of hydrogen-bond acceptors (Lipinski definition) is 4. The zero-order valence-corrected chi connectivity index (χ0v) is 20.4. The quantitative estimate of drug-likeness (QED) is 0.346. The molecule has 7 nitrogen and oxygen atoms in total. The molecule has 0 saturated carbocycles. The molecule has 0 atom stereocenters. The van der Waals surface area contributed by atoms with Gasteiger partial charge in [0.05, 0.1) is 12.1 Å². The minimum Gasteiger partial charge on any atom is -0.478 e. The summed E-state index contributed by atoms with van der Waals surface area (Å²) in [4.78, 5) is 35.0. The lowest BCUT2D eigenvalue weighted by atomic mass is 9.99. The number of carboxylic acid groups (broad SMARTS) is 1. The molecule has 35 heavy (non-hydrogen) atoms. The molecule has 0 aliphatic heterocycles. The summed E-state index contributed by atoms with van der Waals surface area (Å²) in [6.45, 7) is 6.76. The number of carboxylic acids is 1. The number of carbonyl (C=O) groups excluding carboxylic acids is 1. The standard InChI is InChI=1S/C28H30N4O3/c1-4-6-11-25-29-24-16-17-26(31(5-2)19(3)33)30-27(24)32(25)18-20-12-14-21(15-13-20)22-9-7-8-10-23(22)28(34)35/h7-10,12-17H,4-6,11,18H2,1-3H3,(H,34,35). The molecule has 2 heterocycles. The molecule has 2 aromatic carbocycles. The van der Waals surface area contributed by atoms with E-state index in [0.717, 1.165) is 47.4 Å². The van der Waals surface area contributed by atoms with Crippen LogP contribution in [0.2, 0.25) is 0 Å². The van der Waals surface area contributed by atoms with Gasteiger partial charge in [-0.15, -0.1) is 0 Å². The number of anilines is 1. The maximum absolute atomic E-state index is 12.1. The Labute approximate surface area is 205 Å². The molecule has 1 N–H and O–H groups in total. The highest BCUT2D eigenvalue weighted by Crippen LogP contribution is 2.26. The lowest BCUT2D eigenvalue weighted by Crippen LogP contribution is -2.28. The monoisotopic (exact) mass is 470 g/mol. The Morgan fingerprint density at radius 2 is 1.71 bits per heavy atom. The Bertz CT molecular complexity index is 1360. The van der Waals surface area contributed by atoms with E-state index in [1.54, 1.807) is 24.0 Å². The Morgan fingerprint density at radius 3 is 2.37 bits per heavy atom. The average molecular weight is 471 g/mol. The number of imidazole rings is 1. The van der Waals surface area contributed by atoms with E-state index in [2.05, 4.69) is 11.5 Å². The molecule has 0 fully saturated rings. The average Bonchev–Trinajstić information content (AvgIpc) is 3.20. The summed E-state index contributed by atoms with van der Waals surface area (Å²) in [6, 6.07) is 18.7. The molecule has 0 spiro atoms. The molecule has 0 radical (unpaired) electrons. The van der Waals surface area contributed by atoms with Crippen LogP contribution in [0.3, 0.4) is 0 Å². The number of aromatic carboxylic acids is 1. The normalized spacial score (nSPS) is 11.1. The maximum Gasteiger partial charge on any atom is 0.336 e. The molecular formula is C28H30N4O3. The molecular weight excluding hydrogens is 440 g/mol. The third kappa shape index (κ3) is 5.09. The molecule has 0 aliphatic rings. The summed E-state index contributed by atoms with van der Waals surface area (Å²) in [6.07, 6.45) is 2.93. The van der Waals surface area contributed by atoms with Crippen LogP contribution in [0.25, 0.3) is 22.3 Å². The largest absolute Gasteiger partial charge is 0.478 e. The number of amides is 1. The van der Waals surface area contributed by atoms with Gasteiger partial charge in [0.2, 0.25) is 5.91 Å². The fourth-order valence-corrected chi connectivity index (χ4v) is 4.32. The molecule has 4 aromatic rings. The van der Waals surface area contributed by atoms with Gasteiger partial charge in [0.1, 0.15) is 17.2 Å². The zero-order valence-electron chi connectivity index (χ0n) is 20.4. The number of fused-ring (bicyclic) bond motifs is 1. The molecule has 4 rings (SSSR count). The van der Waals surface area contributed by atoms with Crippen LogP contribution in [-0.4, -0.2) is 38.1 Å². The second-order valence-corrected chi connectivity index (χ2v) is 8.54. The third-order valence-corrected chi connectivity index (χ3v) is 6.15. The Morgan fingerprint density at radius 1 is 0.971 bits per heavy atom. The van der Waals surface area contributed by atoms with E-state index in [9.17, 15) is 14.7 Å². The van der Waals surface area contributed by atoms with Crippen molar-refractivity contribution < 1.29 is 14.7 Å². The number of hydrogen-bond donors (Lipinski definition) is 1. The summed E-state index contributed by atoms with van der Waals surface area (Å²) in [5.41, 5.74) is 4.46. The fourth-order valence-electron chi connectivity index (χ4n) is 4.32. The first-order chi connectivity index (χ1) is 16.9. The van der Waals surface area contributed by atoms with Crippen LogP contribution in [0.5, 0.6) is 0 Å². The van der Waals surface area contributed by atoms with Gasteiger partial charge in [-0.3, -0.25) is 9.69 Å². The van der Waals surface area contributed by atoms with Gasteiger partial charge in [-0.25, -0.2) is 14.8 Å². The summed E-state index contributed by atoms with van der Waals surface area (Å²) < 4.78 is 2.13. The first-order valence-corrected chi connectivity index (χ1v) is 12.0. The van der Waals surface area contributed by atoms with E-state index in [4.69, 9.17) is 9.97 Å². The van der Waals surface area contributed by atoms with Gasteiger partial charge >= 0.3 is 5.97 Å². The van der Waals surface area contributed by atoms with E-state index >= 15 is 0 Å². The number of carbonyl (C=O) groups is 2. The molecule has 0 bridgehead atoms. The second kappa shape index (κ2) is 10.5. The highest BCUT2D eigenvalue weighted by molar-refractivity contribution is 5.96. The summed E-state index contributed by atoms with van der Waals surface area (Å²) in [5, 5.41) is 9.53. The molecule has 7 heteroatoms. The predicted octanol–water partition coefficient (Wildman–Crippen LogP) is 5.56. The first kappa shape index (κ1) is 24.1. The number of benzene rings is 2. The van der Waals surface area contributed by atoms with Gasteiger partial charge < -0.3 is 9.67 Å². The van der Waals surface area contributed by atoms with Crippen molar-refractivity contribution in [1.29, 1.82) is 0 Å². The molecule has 0 saturated heterocycles. The zero-order chi connectivity index (χ0) is 24.9. The van der Waals surface area contributed by atoms with E-state index in [-0.39, 0.29) is 11.5 Å². The van der Waals surface area contributed by atoms with Crippen molar-refractivity contribution in [3.8, 4) is 11.1 Å². The van der Waals surface area contributed by atoms with Gasteiger partial charge in [-0.1, -0.05) is 55.8 Å². The first-order valence-electron chi connectivity index (χ1n) is 12.0.